The Morgan fingerprint density at radius 1 is 0.700 bits per heavy atom. The highest BCUT2D eigenvalue weighted by Crippen LogP contribution is 2.21. The van der Waals surface area contributed by atoms with E-state index < -0.39 is 170 Å². The molecule has 448 valence electrons. The molecule has 34 nitrogen and oxygen atoms in total. The maximum Gasteiger partial charge on any atom is 0.328 e. The molecule has 1 saturated heterocycles. The number of aliphatic hydroxyl groups is 3. The number of amides is 11. The predicted octanol–water partition coefficient (Wildman–Crippen LogP) is -9.94. The number of likely N-dealkylation sites (tertiary alicyclic amines) is 1. The van der Waals surface area contributed by atoms with Gasteiger partial charge < -0.3 is 107 Å². The van der Waals surface area contributed by atoms with Gasteiger partial charge in [-0.15, -0.1) is 0 Å². The first-order valence-electron chi connectivity index (χ1n) is 25.6. The van der Waals surface area contributed by atoms with Crippen LogP contribution in [0.3, 0.4) is 0 Å². The summed E-state index contributed by atoms with van der Waals surface area (Å²) in [6.07, 6.45) is 2.88. The molecular formula is C46H78N18O16. The number of H-pyrrole nitrogens is 1. The van der Waals surface area contributed by atoms with E-state index in [-0.39, 0.29) is 57.7 Å². The largest absolute Gasteiger partial charge is 0.480 e. The molecule has 34 heteroatoms. The van der Waals surface area contributed by atoms with E-state index in [1.54, 1.807) is 13.8 Å². The zero-order valence-corrected chi connectivity index (χ0v) is 44.7. The van der Waals surface area contributed by atoms with Gasteiger partial charge in [0.1, 0.15) is 60.4 Å². The van der Waals surface area contributed by atoms with Crippen LogP contribution in [0, 0.1) is 5.92 Å². The summed E-state index contributed by atoms with van der Waals surface area (Å²) in [5.41, 5.74) is 27.6. The number of aromatic nitrogens is 2. The number of nitrogens with zero attached hydrogens (tertiary/aromatic N) is 3. The number of nitrogens with two attached hydrogens (primary N) is 5. The van der Waals surface area contributed by atoms with Crippen molar-refractivity contribution in [1.82, 2.24) is 62.7 Å². The van der Waals surface area contributed by atoms with Crippen LogP contribution in [-0.4, -0.2) is 219 Å². The fourth-order valence-corrected chi connectivity index (χ4v) is 7.81. The second kappa shape index (κ2) is 34.7. The number of aromatic amines is 1. The zero-order chi connectivity index (χ0) is 60.2. The second-order valence-electron chi connectivity index (χ2n) is 19.0. The minimum absolute atomic E-state index is 0.0254. The molecule has 2 rings (SSSR count). The first kappa shape index (κ1) is 68.0. The van der Waals surface area contributed by atoms with Gasteiger partial charge in [0.05, 0.1) is 39.1 Å². The molecule has 2 heterocycles. The Kier molecular flexibility index (Phi) is 29.5. The smallest absolute Gasteiger partial charge is 0.328 e. The normalized spacial score (nSPS) is 16.3. The third-order valence-electron chi connectivity index (χ3n) is 12.2. The third-order valence-corrected chi connectivity index (χ3v) is 12.2. The van der Waals surface area contributed by atoms with Gasteiger partial charge in [-0.1, -0.05) is 13.8 Å². The van der Waals surface area contributed by atoms with Crippen molar-refractivity contribution in [2.45, 2.75) is 139 Å². The van der Waals surface area contributed by atoms with Crippen molar-refractivity contribution in [3.05, 3.63) is 18.2 Å². The quantitative estimate of drug-likeness (QED) is 0.0169. The molecule has 0 unspecified atom stereocenters. The number of carbonyl (C=O) groups excluding carboxylic acids is 11. The fourth-order valence-electron chi connectivity index (χ4n) is 7.81. The molecule has 11 amide bonds. The molecule has 1 fully saturated rings. The van der Waals surface area contributed by atoms with E-state index in [4.69, 9.17) is 28.7 Å². The highest BCUT2D eigenvalue weighted by Gasteiger charge is 2.40. The van der Waals surface area contributed by atoms with Gasteiger partial charge in [0.25, 0.3) is 0 Å². The minimum atomic E-state index is -1.75. The Labute approximate surface area is 459 Å². The van der Waals surface area contributed by atoms with Gasteiger partial charge in [-0.3, -0.25) is 57.7 Å². The van der Waals surface area contributed by atoms with E-state index in [0.29, 0.717) is 25.0 Å². The number of aliphatic carboxylic acids is 1. The Hall–Kier alpha value is -8.08. The van der Waals surface area contributed by atoms with Crippen LogP contribution in [0.15, 0.2) is 17.5 Å². The molecule has 0 aromatic carbocycles. The van der Waals surface area contributed by atoms with Crippen molar-refractivity contribution < 1.29 is 78.0 Å². The SMILES string of the molecule is CC(C)[C@H](NC(=O)[C@@H]1CCCN1C(=O)[C@H](CCCCN)NC(=O)CNC(=O)[C@H](CO)NC(=O)[C@H](C)NC(=O)[C@H](CCCN=C(N)N)NC(=O)[C@@H](N)CO)C(=O)N[C@@H](CC(N)=O)C(=O)N[C@@H](Cc1cnc[nH]1)C(=O)N[C@@H](CO)C(=O)O. The number of nitrogens with one attached hydrogen (secondary N) is 10. The first-order chi connectivity index (χ1) is 37.8. The van der Waals surface area contributed by atoms with Gasteiger partial charge in [-0.25, -0.2) is 9.78 Å². The van der Waals surface area contributed by atoms with Crippen LogP contribution in [-0.2, 0) is 64.0 Å². The number of imidazole rings is 1. The van der Waals surface area contributed by atoms with E-state index in [9.17, 15) is 78.0 Å². The molecule has 0 bridgehead atoms. The highest BCUT2D eigenvalue weighted by atomic mass is 16.4. The average Bonchev–Trinajstić information content (AvgIpc) is 4.13. The van der Waals surface area contributed by atoms with Crippen LogP contribution in [0.4, 0.5) is 0 Å². The number of unbranched alkanes of at least 4 members (excludes halogenated alkanes) is 1. The van der Waals surface area contributed by atoms with E-state index in [1.807, 2.05) is 0 Å². The monoisotopic (exact) mass is 1140 g/mol. The molecule has 0 saturated carbocycles. The number of rotatable bonds is 36. The lowest BCUT2D eigenvalue weighted by molar-refractivity contribution is -0.143. The zero-order valence-electron chi connectivity index (χ0n) is 44.7. The van der Waals surface area contributed by atoms with Crippen molar-refractivity contribution >= 4 is 76.9 Å². The van der Waals surface area contributed by atoms with Gasteiger partial charge in [0.2, 0.25) is 65.0 Å². The molecule has 1 aromatic rings. The summed E-state index contributed by atoms with van der Waals surface area (Å²) in [7, 11) is 0. The number of hydrogen-bond acceptors (Lipinski definition) is 19. The Balaban J connectivity index is 2.18. The van der Waals surface area contributed by atoms with Gasteiger partial charge in [0, 0.05) is 31.4 Å². The lowest BCUT2D eigenvalue weighted by Gasteiger charge is -2.31. The maximum absolute atomic E-state index is 14.2. The standard InChI is InChI=1S/C46H78N18O16/c1-22(2)35(43(77)60-29(15-33(49)68)41(75)59-28(14-24-16-52-21-55-24)40(74)62-31(20-67)45(79)80)63-42(76)32-10-7-13-64(32)44(78)27(8-4-5-11-47)57-34(69)17-54-38(72)30(19-66)61-36(70)23(3)56-39(73)26(9-6-12-53-46(50)51)58-37(71)25(48)18-65/h16,21-23,25-32,35,65-67H,4-15,17-20,47-48H2,1-3H3,(H2,49,68)(H,52,55)(H,54,72)(H,56,73)(H,57,69)(H,58,71)(H,59,75)(H,60,77)(H,61,70)(H,62,74)(H,63,76)(H,79,80)(H4,50,51,53)/t23-,25-,26-,27-,28-,29-,30-,31-,32-,35-/m0/s1. The highest BCUT2D eigenvalue weighted by molar-refractivity contribution is 5.99. The first-order valence-corrected chi connectivity index (χ1v) is 25.6. The number of carboxylic acids is 1. The summed E-state index contributed by atoms with van der Waals surface area (Å²) in [6.45, 7) is 1.23. The Morgan fingerprint density at radius 2 is 1.30 bits per heavy atom. The van der Waals surface area contributed by atoms with E-state index in [0.717, 1.165) is 0 Å². The third kappa shape index (κ3) is 23.1. The second-order valence-corrected chi connectivity index (χ2v) is 19.0. The van der Waals surface area contributed by atoms with Crippen LogP contribution in [0.5, 0.6) is 0 Å². The molecule has 0 radical (unpaired) electrons. The van der Waals surface area contributed by atoms with Gasteiger partial charge in [0.15, 0.2) is 5.96 Å². The van der Waals surface area contributed by atoms with Crippen LogP contribution in [0.25, 0.3) is 0 Å². The maximum atomic E-state index is 14.2. The molecule has 24 N–H and O–H groups in total. The number of carbonyl (C=O) groups is 12. The molecule has 80 heavy (non-hydrogen) atoms. The summed E-state index contributed by atoms with van der Waals surface area (Å²) in [5, 5.41) is 59.3. The van der Waals surface area contributed by atoms with Crippen LogP contribution >= 0.6 is 0 Å². The number of primary amides is 1. The lowest BCUT2D eigenvalue weighted by Crippen LogP contribution is -2.61. The van der Waals surface area contributed by atoms with Crippen molar-refractivity contribution in [3.63, 3.8) is 0 Å². The van der Waals surface area contributed by atoms with Gasteiger partial charge >= 0.3 is 5.97 Å². The average molecular weight is 1140 g/mol. The Bertz CT molecular complexity index is 2320. The number of hydrogen-bond donors (Lipinski definition) is 19. The van der Waals surface area contributed by atoms with Crippen molar-refractivity contribution in [3.8, 4) is 0 Å². The summed E-state index contributed by atoms with van der Waals surface area (Å²) < 4.78 is 0. The molecule has 1 aromatic heterocycles. The summed E-state index contributed by atoms with van der Waals surface area (Å²) in [6, 6.07) is -14.5. The predicted molar refractivity (Wildman–Crippen MR) is 279 cm³/mol. The summed E-state index contributed by atoms with van der Waals surface area (Å²) in [5.74, 6) is -12.8. The molecule has 1 aliphatic heterocycles. The fraction of sp³-hybridized carbons (Fsp3) is 0.652. The van der Waals surface area contributed by atoms with E-state index in [2.05, 4.69) is 62.8 Å². The topological polar surface area (TPSA) is 568 Å². The Morgan fingerprint density at radius 3 is 1.88 bits per heavy atom. The number of aliphatic imine (C=N–C) groups is 1. The van der Waals surface area contributed by atoms with Gasteiger partial charge in [-0.2, -0.15) is 0 Å². The summed E-state index contributed by atoms with van der Waals surface area (Å²) in [4.78, 5) is 169. The number of aliphatic hydroxyl groups excluding tert-OH is 3. The molecule has 0 spiro atoms. The van der Waals surface area contributed by atoms with Crippen LogP contribution in [0.2, 0.25) is 0 Å². The van der Waals surface area contributed by atoms with Crippen molar-refractivity contribution in [1.29, 1.82) is 0 Å². The van der Waals surface area contributed by atoms with E-state index >= 15 is 0 Å². The van der Waals surface area contributed by atoms with Crippen LogP contribution in [0.1, 0.15) is 77.8 Å². The van der Waals surface area contributed by atoms with Crippen LogP contribution < -0.4 is 76.5 Å². The number of carboxylic acid groups (broad SMARTS) is 1. The lowest BCUT2D eigenvalue weighted by atomic mass is 10.0. The van der Waals surface area contributed by atoms with Crippen molar-refractivity contribution in [2.24, 2.45) is 39.6 Å². The summed E-state index contributed by atoms with van der Waals surface area (Å²) >= 11 is 0. The molecular weight excluding hydrogens is 1060 g/mol. The van der Waals surface area contributed by atoms with Crippen molar-refractivity contribution in [2.75, 3.05) is 46.0 Å². The number of guanidine groups is 1. The minimum Gasteiger partial charge on any atom is -0.480 e. The molecule has 0 aliphatic carbocycles. The molecule has 10 atom stereocenters. The van der Waals surface area contributed by atoms with E-state index in [1.165, 1.54) is 24.3 Å². The van der Waals surface area contributed by atoms with Gasteiger partial charge in [-0.05, 0) is 64.3 Å². The molecule has 1 aliphatic rings.